The lowest BCUT2D eigenvalue weighted by Gasteiger charge is -2.26. The van der Waals surface area contributed by atoms with Gasteiger partial charge < -0.3 is 4.74 Å². The van der Waals surface area contributed by atoms with Gasteiger partial charge in [0, 0.05) is 30.6 Å². The third kappa shape index (κ3) is 3.89. The molecular weight excluding hydrogens is 360 g/mol. The first kappa shape index (κ1) is 18.1. The van der Waals surface area contributed by atoms with E-state index in [1.54, 1.807) is 6.07 Å². The molecule has 1 saturated heterocycles. The molecule has 0 aliphatic carbocycles. The van der Waals surface area contributed by atoms with Crippen molar-refractivity contribution in [2.45, 2.75) is 11.4 Å². The topological polar surface area (TPSA) is 72.6 Å². The van der Waals surface area contributed by atoms with Crippen molar-refractivity contribution in [3.63, 3.8) is 0 Å². The van der Waals surface area contributed by atoms with Crippen LogP contribution in [0.15, 0.2) is 65.6 Å². The Balaban J connectivity index is 1.72. The number of rotatable bonds is 4. The summed E-state index contributed by atoms with van der Waals surface area (Å²) >= 11 is 0. The number of fused-ring (bicyclic) bond motifs is 1. The van der Waals surface area contributed by atoms with E-state index < -0.39 is 10.0 Å². The minimum atomic E-state index is -3.86. The zero-order chi connectivity index (χ0) is 18.9. The van der Waals surface area contributed by atoms with Crippen molar-refractivity contribution in [1.82, 2.24) is 4.90 Å². The first-order valence-corrected chi connectivity index (χ1v) is 10.5. The molecule has 27 heavy (non-hydrogen) atoms. The highest BCUT2D eigenvalue weighted by atomic mass is 32.2. The lowest BCUT2D eigenvalue weighted by molar-refractivity contribution is 0.0342. The highest BCUT2D eigenvalue weighted by molar-refractivity contribution is 7.89. The van der Waals surface area contributed by atoms with Crippen molar-refractivity contribution < 1.29 is 13.2 Å². The minimum Gasteiger partial charge on any atom is -0.379 e. The Kier molecular flexibility index (Phi) is 4.97. The fourth-order valence-corrected chi connectivity index (χ4v) is 4.57. The molecule has 0 unspecified atom stereocenters. The van der Waals surface area contributed by atoms with Gasteiger partial charge in [-0.3, -0.25) is 4.90 Å². The van der Waals surface area contributed by atoms with Crippen LogP contribution in [0.5, 0.6) is 0 Å². The fourth-order valence-electron chi connectivity index (χ4n) is 3.58. The van der Waals surface area contributed by atoms with Crippen molar-refractivity contribution in [2.24, 2.45) is 5.14 Å². The molecular formula is C21H22N2O3S. The van der Waals surface area contributed by atoms with Gasteiger partial charge in [-0.15, -0.1) is 0 Å². The number of nitrogens with two attached hydrogens (primary N) is 1. The number of ether oxygens (including phenoxy) is 1. The molecule has 0 atom stereocenters. The number of hydrogen-bond donors (Lipinski definition) is 1. The Labute approximate surface area is 159 Å². The van der Waals surface area contributed by atoms with E-state index in [2.05, 4.69) is 4.90 Å². The van der Waals surface area contributed by atoms with Gasteiger partial charge in [-0.25, -0.2) is 13.6 Å². The maximum absolute atomic E-state index is 12.3. The van der Waals surface area contributed by atoms with Crippen molar-refractivity contribution in [2.75, 3.05) is 26.3 Å². The van der Waals surface area contributed by atoms with E-state index in [1.165, 1.54) is 5.56 Å². The van der Waals surface area contributed by atoms with Crippen LogP contribution in [0.3, 0.4) is 0 Å². The molecule has 0 radical (unpaired) electrons. The van der Waals surface area contributed by atoms with Crippen LogP contribution < -0.4 is 5.14 Å². The zero-order valence-corrected chi connectivity index (χ0v) is 15.8. The summed E-state index contributed by atoms with van der Waals surface area (Å²) in [7, 11) is -3.86. The lowest BCUT2D eigenvalue weighted by Crippen LogP contribution is -2.35. The smallest absolute Gasteiger partial charge is 0.239 e. The molecule has 140 valence electrons. The number of hydrogen-bond acceptors (Lipinski definition) is 4. The van der Waals surface area contributed by atoms with Crippen LogP contribution in [-0.2, 0) is 21.3 Å². The summed E-state index contributed by atoms with van der Waals surface area (Å²) in [4.78, 5) is 2.53. The van der Waals surface area contributed by atoms with Gasteiger partial charge in [-0.05, 0) is 16.5 Å². The first-order chi connectivity index (χ1) is 13.0. The lowest BCUT2D eigenvalue weighted by atomic mass is 10.00. The molecule has 3 aromatic carbocycles. The predicted molar refractivity (Wildman–Crippen MR) is 107 cm³/mol. The van der Waals surface area contributed by atoms with Crippen molar-refractivity contribution >= 4 is 20.8 Å². The van der Waals surface area contributed by atoms with Crippen LogP contribution in [0.4, 0.5) is 0 Å². The van der Waals surface area contributed by atoms with Crippen LogP contribution in [0.1, 0.15) is 5.56 Å². The fraction of sp³-hybridized carbons (Fsp3) is 0.238. The Morgan fingerprint density at radius 3 is 2.33 bits per heavy atom. The van der Waals surface area contributed by atoms with Crippen LogP contribution in [-0.4, -0.2) is 39.6 Å². The minimum absolute atomic E-state index is 0.182. The zero-order valence-electron chi connectivity index (χ0n) is 15.0. The van der Waals surface area contributed by atoms with Crippen LogP contribution in [0, 0.1) is 0 Å². The summed E-state index contributed by atoms with van der Waals surface area (Å²) in [5, 5.41) is 7.07. The number of nitrogens with zero attached hydrogens (tertiary/aromatic N) is 1. The average molecular weight is 382 g/mol. The van der Waals surface area contributed by atoms with Gasteiger partial charge >= 0.3 is 0 Å². The molecule has 6 heteroatoms. The Bertz CT molecular complexity index is 1060. The van der Waals surface area contributed by atoms with Crippen LogP contribution in [0.25, 0.3) is 21.9 Å². The Hall–Kier alpha value is -2.25. The van der Waals surface area contributed by atoms with E-state index in [-0.39, 0.29) is 4.90 Å². The van der Waals surface area contributed by atoms with E-state index >= 15 is 0 Å². The van der Waals surface area contributed by atoms with Gasteiger partial charge in [0.2, 0.25) is 10.0 Å². The largest absolute Gasteiger partial charge is 0.379 e. The molecule has 1 aliphatic heterocycles. The molecule has 0 bridgehead atoms. The SMILES string of the molecule is NS(=O)(=O)c1c(-c2ccc(CN3CCOCC3)cc2)ccc2ccccc12. The number of sulfonamides is 1. The quantitative estimate of drug-likeness (QED) is 0.753. The number of morpholine rings is 1. The van der Waals surface area contributed by atoms with Crippen molar-refractivity contribution in [3.8, 4) is 11.1 Å². The average Bonchev–Trinajstić information content (AvgIpc) is 2.68. The standard InChI is InChI=1S/C21H22N2O3S/c22-27(24,25)21-19-4-2-1-3-17(19)9-10-20(21)18-7-5-16(6-8-18)15-23-11-13-26-14-12-23/h1-10H,11-15H2,(H2,22,24,25). The van der Waals surface area contributed by atoms with Gasteiger partial charge in [0.1, 0.15) is 0 Å². The second kappa shape index (κ2) is 7.40. The van der Waals surface area contributed by atoms with Crippen LogP contribution in [0.2, 0.25) is 0 Å². The van der Waals surface area contributed by atoms with Gasteiger partial charge in [0.05, 0.1) is 18.1 Å². The summed E-state index contributed by atoms with van der Waals surface area (Å²) in [5.41, 5.74) is 2.67. The molecule has 0 amide bonds. The van der Waals surface area contributed by atoms with Crippen molar-refractivity contribution in [1.29, 1.82) is 0 Å². The van der Waals surface area contributed by atoms with E-state index in [9.17, 15) is 8.42 Å². The third-order valence-corrected chi connectivity index (χ3v) is 5.95. The molecule has 1 aliphatic rings. The second-order valence-corrected chi connectivity index (χ2v) is 8.29. The second-order valence-electron chi connectivity index (χ2n) is 6.79. The molecule has 4 rings (SSSR count). The monoisotopic (exact) mass is 382 g/mol. The summed E-state index contributed by atoms with van der Waals surface area (Å²) in [6.07, 6.45) is 0. The number of benzene rings is 3. The van der Waals surface area contributed by atoms with Gasteiger partial charge in [0.25, 0.3) is 0 Å². The molecule has 0 aromatic heterocycles. The molecule has 1 fully saturated rings. The van der Waals surface area contributed by atoms with E-state index in [4.69, 9.17) is 9.88 Å². The van der Waals surface area contributed by atoms with Gasteiger partial charge in [0.15, 0.2) is 0 Å². The Morgan fingerprint density at radius 2 is 1.63 bits per heavy atom. The van der Waals surface area contributed by atoms with E-state index in [0.717, 1.165) is 43.8 Å². The maximum Gasteiger partial charge on any atom is 0.239 e. The first-order valence-electron chi connectivity index (χ1n) is 8.96. The summed E-state index contributed by atoms with van der Waals surface area (Å²) < 4.78 is 30.0. The molecule has 0 saturated carbocycles. The van der Waals surface area contributed by atoms with Crippen molar-refractivity contribution in [3.05, 3.63) is 66.2 Å². The molecule has 5 nitrogen and oxygen atoms in total. The summed E-state index contributed by atoms with van der Waals surface area (Å²) in [6.45, 7) is 4.27. The normalized spacial score (nSPS) is 15.9. The molecule has 2 N–H and O–H groups in total. The highest BCUT2D eigenvalue weighted by Crippen LogP contribution is 2.33. The summed E-state index contributed by atoms with van der Waals surface area (Å²) in [5.74, 6) is 0. The predicted octanol–water partition coefficient (Wildman–Crippen LogP) is 2.99. The molecule has 0 spiro atoms. The van der Waals surface area contributed by atoms with Crippen LogP contribution >= 0.6 is 0 Å². The van der Waals surface area contributed by atoms with E-state index in [1.807, 2.05) is 54.6 Å². The number of primary sulfonamides is 1. The molecule has 3 aromatic rings. The summed E-state index contributed by atoms with van der Waals surface area (Å²) in [6, 6.07) is 19.2. The Morgan fingerprint density at radius 1 is 0.926 bits per heavy atom. The van der Waals surface area contributed by atoms with Gasteiger partial charge in [-0.2, -0.15) is 0 Å². The maximum atomic E-state index is 12.3. The molecule has 1 heterocycles. The van der Waals surface area contributed by atoms with E-state index in [0.29, 0.717) is 10.9 Å². The van der Waals surface area contributed by atoms with Gasteiger partial charge in [-0.1, -0.05) is 60.7 Å². The highest BCUT2D eigenvalue weighted by Gasteiger charge is 2.19. The third-order valence-electron chi connectivity index (χ3n) is 4.94.